The first-order valence-corrected chi connectivity index (χ1v) is 7.42. The zero-order valence-electron chi connectivity index (χ0n) is 12.8. The first-order valence-electron chi connectivity index (χ1n) is 7.42. The van der Waals surface area contributed by atoms with Crippen LogP contribution in [0.2, 0.25) is 0 Å². The molecule has 0 radical (unpaired) electrons. The van der Waals surface area contributed by atoms with E-state index in [4.69, 9.17) is 0 Å². The minimum atomic E-state index is -1.38. The Balaban J connectivity index is 2.40. The number of fused-ring (bicyclic) bond motifs is 2. The lowest BCUT2D eigenvalue weighted by atomic mass is 9.79. The lowest BCUT2D eigenvalue weighted by molar-refractivity contribution is 0.0693. The second-order valence-corrected chi connectivity index (χ2v) is 5.59. The van der Waals surface area contributed by atoms with Gasteiger partial charge in [0.2, 0.25) is 0 Å². The van der Waals surface area contributed by atoms with Gasteiger partial charge in [0.25, 0.3) is 0 Å². The van der Waals surface area contributed by atoms with Crippen molar-refractivity contribution in [3.8, 4) is 11.5 Å². The van der Waals surface area contributed by atoms with Crippen LogP contribution in [-0.2, 0) is 6.42 Å². The van der Waals surface area contributed by atoms with Crippen molar-refractivity contribution in [2.24, 2.45) is 0 Å². The minimum absolute atomic E-state index is 0.0250. The molecule has 0 saturated heterocycles. The van der Waals surface area contributed by atoms with Crippen LogP contribution in [0.3, 0.4) is 0 Å². The van der Waals surface area contributed by atoms with Crippen LogP contribution in [0.4, 0.5) is 0 Å². The van der Waals surface area contributed by atoms with Crippen LogP contribution >= 0.6 is 0 Å². The zero-order chi connectivity index (χ0) is 17.6. The highest BCUT2D eigenvalue weighted by atomic mass is 16.4. The number of carbonyl (C=O) groups excluding carboxylic acids is 2. The Kier molecular flexibility index (Phi) is 3.60. The monoisotopic (exact) mass is 326 g/mol. The molecule has 1 aliphatic rings. The van der Waals surface area contributed by atoms with Crippen LogP contribution in [0.5, 0.6) is 11.5 Å². The number of phenols is 2. The maximum atomic E-state index is 12.8. The van der Waals surface area contributed by atoms with Crippen molar-refractivity contribution in [1.29, 1.82) is 0 Å². The zero-order valence-corrected chi connectivity index (χ0v) is 12.8. The Bertz CT molecular complexity index is 910. The Hall–Kier alpha value is -3.15. The molecule has 122 valence electrons. The lowest BCUT2D eigenvalue weighted by Gasteiger charge is -2.22. The summed E-state index contributed by atoms with van der Waals surface area (Å²) in [4.78, 5) is 36.9. The van der Waals surface area contributed by atoms with E-state index in [2.05, 4.69) is 0 Å². The number of carbonyl (C=O) groups is 3. The average molecular weight is 326 g/mol. The molecule has 0 saturated carbocycles. The molecule has 0 amide bonds. The largest absolute Gasteiger partial charge is 0.507 e. The van der Waals surface area contributed by atoms with Crippen LogP contribution < -0.4 is 0 Å². The highest BCUT2D eigenvalue weighted by molar-refractivity contribution is 6.30. The second-order valence-electron chi connectivity index (χ2n) is 5.59. The van der Waals surface area contributed by atoms with Gasteiger partial charge >= 0.3 is 5.97 Å². The molecular weight excluding hydrogens is 312 g/mol. The molecule has 0 aromatic heterocycles. The maximum absolute atomic E-state index is 12.8. The summed E-state index contributed by atoms with van der Waals surface area (Å²) in [5.41, 5.74) is -0.469. The van der Waals surface area contributed by atoms with Crippen LogP contribution in [0, 0.1) is 0 Å². The van der Waals surface area contributed by atoms with Crippen molar-refractivity contribution >= 4 is 17.5 Å². The highest BCUT2D eigenvalue weighted by Gasteiger charge is 2.36. The minimum Gasteiger partial charge on any atom is -0.507 e. The molecule has 0 fully saturated rings. The molecule has 0 spiro atoms. The first-order chi connectivity index (χ1) is 11.4. The van der Waals surface area contributed by atoms with Gasteiger partial charge in [0, 0.05) is 22.3 Å². The molecule has 2 aromatic rings. The number of hydrogen-bond donors (Lipinski definition) is 3. The maximum Gasteiger partial charge on any atom is 0.339 e. The molecule has 6 heteroatoms. The molecule has 1 aliphatic carbocycles. The molecule has 3 rings (SSSR count). The fraction of sp³-hybridized carbons (Fsp3) is 0.167. The Morgan fingerprint density at radius 3 is 2.38 bits per heavy atom. The van der Waals surface area contributed by atoms with E-state index in [1.807, 2.05) is 0 Å². The van der Waals surface area contributed by atoms with Gasteiger partial charge in [0.05, 0.1) is 5.56 Å². The third-order valence-corrected chi connectivity index (χ3v) is 4.12. The third kappa shape index (κ3) is 2.07. The van der Waals surface area contributed by atoms with Crippen molar-refractivity contribution in [1.82, 2.24) is 0 Å². The summed E-state index contributed by atoms with van der Waals surface area (Å²) in [6.07, 6.45) is 0.773. The summed E-state index contributed by atoms with van der Waals surface area (Å²) < 4.78 is 0. The quantitative estimate of drug-likeness (QED) is 0.682. The normalized spacial score (nSPS) is 12.7. The van der Waals surface area contributed by atoms with Crippen LogP contribution in [-0.4, -0.2) is 32.9 Å². The number of rotatable bonds is 3. The standard InChI is InChI=1S/C18H14O6/c1-2-4-8-13-10(7-11(16(8)21)18(23)24)15(20)9-5-3-6-12(19)14(9)17(13)22/h3,5-7,19,21H,2,4H2,1H3,(H,23,24). The van der Waals surface area contributed by atoms with Gasteiger partial charge in [0.1, 0.15) is 17.1 Å². The van der Waals surface area contributed by atoms with Gasteiger partial charge in [-0.25, -0.2) is 4.79 Å². The van der Waals surface area contributed by atoms with E-state index in [-0.39, 0.29) is 40.0 Å². The number of ketones is 2. The summed E-state index contributed by atoms with van der Waals surface area (Å²) >= 11 is 0. The van der Waals surface area contributed by atoms with Gasteiger partial charge in [0.15, 0.2) is 11.6 Å². The highest BCUT2D eigenvalue weighted by Crippen LogP contribution is 2.39. The van der Waals surface area contributed by atoms with E-state index in [9.17, 15) is 29.7 Å². The predicted molar refractivity (Wildman–Crippen MR) is 84.0 cm³/mol. The summed E-state index contributed by atoms with van der Waals surface area (Å²) in [6, 6.07) is 5.18. The van der Waals surface area contributed by atoms with Crippen LogP contribution in [0.25, 0.3) is 0 Å². The molecule has 24 heavy (non-hydrogen) atoms. The molecule has 3 N–H and O–H groups in total. The fourth-order valence-corrected chi connectivity index (χ4v) is 3.06. The molecule has 0 bridgehead atoms. The number of aromatic carboxylic acids is 1. The van der Waals surface area contributed by atoms with Crippen molar-refractivity contribution in [2.75, 3.05) is 0 Å². The number of hydrogen-bond acceptors (Lipinski definition) is 5. The SMILES string of the molecule is CCCc1c(O)c(C(=O)O)cc2c1C(=O)c1c(O)cccc1C2=O. The summed E-state index contributed by atoms with van der Waals surface area (Å²) in [5, 5.41) is 29.5. The molecule has 6 nitrogen and oxygen atoms in total. The average Bonchev–Trinajstić information content (AvgIpc) is 2.54. The second kappa shape index (κ2) is 5.49. The van der Waals surface area contributed by atoms with Crippen LogP contribution in [0.1, 0.15) is 61.1 Å². The molecule has 0 heterocycles. The van der Waals surface area contributed by atoms with E-state index in [1.54, 1.807) is 6.92 Å². The van der Waals surface area contributed by atoms with E-state index >= 15 is 0 Å². The van der Waals surface area contributed by atoms with E-state index in [0.29, 0.717) is 6.42 Å². The smallest absolute Gasteiger partial charge is 0.339 e. The predicted octanol–water partition coefficient (Wildman–Crippen LogP) is 2.52. The van der Waals surface area contributed by atoms with Gasteiger partial charge in [-0.2, -0.15) is 0 Å². The van der Waals surface area contributed by atoms with Gasteiger partial charge in [-0.05, 0) is 18.6 Å². The molecular formula is C18H14O6. The molecule has 2 aromatic carbocycles. The van der Waals surface area contributed by atoms with Gasteiger partial charge < -0.3 is 15.3 Å². The fourth-order valence-electron chi connectivity index (χ4n) is 3.06. The Morgan fingerprint density at radius 2 is 1.75 bits per heavy atom. The topological polar surface area (TPSA) is 112 Å². The first kappa shape index (κ1) is 15.7. The lowest BCUT2D eigenvalue weighted by Crippen LogP contribution is -2.24. The van der Waals surface area contributed by atoms with Crippen molar-refractivity contribution in [3.63, 3.8) is 0 Å². The van der Waals surface area contributed by atoms with Gasteiger partial charge in [-0.15, -0.1) is 0 Å². The van der Waals surface area contributed by atoms with E-state index in [0.717, 1.165) is 6.07 Å². The molecule has 0 atom stereocenters. The Morgan fingerprint density at radius 1 is 1.04 bits per heavy atom. The number of carboxylic acids is 1. The van der Waals surface area contributed by atoms with Crippen molar-refractivity contribution < 1.29 is 29.7 Å². The number of aromatic hydroxyl groups is 2. The summed E-state index contributed by atoms with van der Waals surface area (Å²) in [6.45, 7) is 1.81. The summed E-state index contributed by atoms with van der Waals surface area (Å²) in [5.74, 6) is -3.35. The van der Waals surface area contributed by atoms with Crippen LogP contribution in [0.15, 0.2) is 24.3 Å². The van der Waals surface area contributed by atoms with E-state index < -0.39 is 28.8 Å². The molecule has 0 unspecified atom stereocenters. The number of carboxylic acid groups (broad SMARTS) is 1. The van der Waals surface area contributed by atoms with Crippen molar-refractivity contribution in [3.05, 3.63) is 57.6 Å². The summed E-state index contributed by atoms with van der Waals surface area (Å²) in [7, 11) is 0. The Labute approximate surface area is 137 Å². The van der Waals surface area contributed by atoms with Crippen molar-refractivity contribution in [2.45, 2.75) is 19.8 Å². The molecule has 0 aliphatic heterocycles. The van der Waals surface area contributed by atoms with E-state index in [1.165, 1.54) is 18.2 Å². The van der Waals surface area contributed by atoms with Gasteiger partial charge in [-0.1, -0.05) is 25.5 Å². The number of phenolic OH excluding ortho intramolecular Hbond substituents is 1. The number of benzene rings is 2. The third-order valence-electron chi connectivity index (χ3n) is 4.12. The van der Waals surface area contributed by atoms with Gasteiger partial charge in [-0.3, -0.25) is 9.59 Å².